The van der Waals surface area contributed by atoms with E-state index < -0.39 is 17.6 Å². The van der Waals surface area contributed by atoms with E-state index in [1.165, 1.54) is 6.07 Å². The number of rotatable bonds is 3. The molecule has 6 nitrogen and oxygen atoms in total. The van der Waals surface area contributed by atoms with Gasteiger partial charge < -0.3 is 20.2 Å². The number of anilines is 1. The highest BCUT2D eigenvalue weighted by Gasteiger charge is 2.28. The minimum Gasteiger partial charge on any atom is -0.481 e. The average molecular weight is 381 g/mol. The van der Waals surface area contributed by atoms with E-state index in [4.69, 9.17) is 5.11 Å². The molecule has 3 rings (SSSR count). The van der Waals surface area contributed by atoms with Crippen LogP contribution in [0.15, 0.2) is 18.2 Å². The lowest BCUT2D eigenvalue weighted by atomic mass is 9.86. The number of nitrogens with zero attached hydrogens (tertiary/aromatic N) is 2. The van der Waals surface area contributed by atoms with Crippen LogP contribution in [0.3, 0.4) is 0 Å². The van der Waals surface area contributed by atoms with E-state index in [2.05, 4.69) is 5.32 Å². The third-order valence-electron chi connectivity index (χ3n) is 5.46. The van der Waals surface area contributed by atoms with Crippen LogP contribution in [0.4, 0.5) is 19.3 Å². The van der Waals surface area contributed by atoms with Crippen LogP contribution in [0.1, 0.15) is 32.1 Å². The number of amides is 2. The summed E-state index contributed by atoms with van der Waals surface area (Å²) in [5, 5.41) is 12.1. The molecule has 8 heteroatoms. The average Bonchev–Trinajstić information content (AvgIpc) is 2.91. The Balaban J connectivity index is 1.51. The zero-order chi connectivity index (χ0) is 19.4. The lowest BCUT2D eigenvalue weighted by Gasteiger charge is -2.30. The van der Waals surface area contributed by atoms with Gasteiger partial charge in [-0.2, -0.15) is 0 Å². The summed E-state index contributed by atoms with van der Waals surface area (Å²) in [5.41, 5.74) is 0.614. The number of carboxylic acid groups (broad SMARTS) is 1. The molecule has 1 aromatic carbocycles. The topological polar surface area (TPSA) is 72.9 Å². The molecule has 0 bridgehead atoms. The number of carbonyl (C=O) groups is 2. The molecular formula is C19H25F2N3O3. The first kappa shape index (κ1) is 19.4. The Kier molecular flexibility index (Phi) is 6.13. The zero-order valence-corrected chi connectivity index (χ0v) is 15.2. The first-order valence-electron chi connectivity index (χ1n) is 9.42. The van der Waals surface area contributed by atoms with Crippen molar-refractivity contribution in [2.24, 2.45) is 5.92 Å². The number of nitrogens with one attached hydrogen (secondary N) is 1. The summed E-state index contributed by atoms with van der Waals surface area (Å²) in [5.74, 6) is -2.80. The van der Waals surface area contributed by atoms with Gasteiger partial charge in [0.1, 0.15) is 0 Å². The maximum atomic E-state index is 13.5. The molecule has 1 aliphatic carbocycles. The van der Waals surface area contributed by atoms with Crippen LogP contribution in [-0.4, -0.2) is 54.2 Å². The quantitative estimate of drug-likeness (QED) is 0.845. The summed E-state index contributed by atoms with van der Waals surface area (Å²) in [4.78, 5) is 27.3. The van der Waals surface area contributed by atoms with Crippen molar-refractivity contribution < 1.29 is 23.5 Å². The Bertz CT molecular complexity index is 693. The van der Waals surface area contributed by atoms with Gasteiger partial charge in [-0.1, -0.05) is 0 Å². The summed E-state index contributed by atoms with van der Waals surface area (Å²) in [6.45, 7) is 2.30. The lowest BCUT2D eigenvalue weighted by molar-refractivity contribution is -0.142. The molecule has 2 aliphatic rings. The van der Waals surface area contributed by atoms with E-state index in [9.17, 15) is 18.4 Å². The van der Waals surface area contributed by atoms with Crippen LogP contribution in [0.25, 0.3) is 0 Å². The number of aliphatic carboxylic acids is 1. The van der Waals surface area contributed by atoms with Crippen molar-refractivity contribution in [3.63, 3.8) is 0 Å². The molecule has 27 heavy (non-hydrogen) atoms. The highest BCUT2D eigenvalue weighted by atomic mass is 19.2. The van der Waals surface area contributed by atoms with Crippen molar-refractivity contribution in [1.82, 2.24) is 10.2 Å². The van der Waals surface area contributed by atoms with Gasteiger partial charge in [0.2, 0.25) is 0 Å². The van der Waals surface area contributed by atoms with Gasteiger partial charge in [-0.05, 0) is 44.2 Å². The number of hydrogen-bond donors (Lipinski definition) is 2. The molecule has 1 saturated heterocycles. The maximum Gasteiger partial charge on any atom is 0.317 e. The van der Waals surface area contributed by atoms with E-state index in [1.807, 2.05) is 4.90 Å². The normalized spacial score (nSPS) is 23.6. The fourth-order valence-electron chi connectivity index (χ4n) is 3.81. The summed E-state index contributed by atoms with van der Waals surface area (Å²) < 4.78 is 26.6. The first-order chi connectivity index (χ1) is 12.9. The number of halogens is 2. The van der Waals surface area contributed by atoms with Crippen LogP contribution in [0.5, 0.6) is 0 Å². The Labute approximate surface area is 157 Å². The SMILES string of the molecule is O=C(O)C1CCC(NC(=O)N2CCCN(c3ccc(F)c(F)c3)CC2)CC1. The molecule has 2 fully saturated rings. The Morgan fingerprint density at radius 1 is 1.00 bits per heavy atom. The highest BCUT2D eigenvalue weighted by Crippen LogP contribution is 2.25. The van der Waals surface area contributed by atoms with E-state index in [0.717, 1.165) is 12.5 Å². The zero-order valence-electron chi connectivity index (χ0n) is 15.2. The van der Waals surface area contributed by atoms with Gasteiger partial charge in [0.05, 0.1) is 5.92 Å². The second kappa shape index (κ2) is 8.54. The van der Waals surface area contributed by atoms with Crippen molar-refractivity contribution >= 4 is 17.7 Å². The number of urea groups is 1. The number of carbonyl (C=O) groups excluding carboxylic acids is 1. The number of carboxylic acids is 1. The second-order valence-corrected chi connectivity index (χ2v) is 7.26. The van der Waals surface area contributed by atoms with E-state index in [1.54, 1.807) is 11.0 Å². The molecule has 2 N–H and O–H groups in total. The predicted octanol–water partition coefficient (Wildman–Crippen LogP) is 2.83. The predicted molar refractivity (Wildman–Crippen MR) is 96.7 cm³/mol. The molecule has 1 aliphatic heterocycles. The van der Waals surface area contributed by atoms with E-state index >= 15 is 0 Å². The number of hydrogen-bond acceptors (Lipinski definition) is 3. The first-order valence-corrected chi connectivity index (χ1v) is 9.42. The molecule has 148 valence electrons. The van der Waals surface area contributed by atoms with Crippen LogP contribution in [0, 0.1) is 17.6 Å². The molecule has 0 aromatic heterocycles. The minimum absolute atomic E-state index is 0.0126. The summed E-state index contributed by atoms with van der Waals surface area (Å²) in [7, 11) is 0. The van der Waals surface area contributed by atoms with E-state index in [-0.39, 0.29) is 18.0 Å². The van der Waals surface area contributed by atoms with Gasteiger partial charge in [-0.3, -0.25) is 4.79 Å². The van der Waals surface area contributed by atoms with Crippen LogP contribution < -0.4 is 10.2 Å². The molecule has 1 saturated carbocycles. The maximum absolute atomic E-state index is 13.5. The molecule has 0 atom stereocenters. The standard InChI is InChI=1S/C19H25F2N3O3/c20-16-7-6-15(12-17(16)21)23-8-1-9-24(11-10-23)19(27)22-14-4-2-13(3-5-14)18(25)26/h6-7,12-14H,1-5,8-11H2,(H,22,27)(H,25,26). The van der Waals surface area contributed by atoms with Crippen molar-refractivity contribution in [3.05, 3.63) is 29.8 Å². The van der Waals surface area contributed by atoms with Gasteiger partial charge in [0.25, 0.3) is 0 Å². The van der Waals surface area contributed by atoms with Gasteiger partial charge in [-0.15, -0.1) is 0 Å². The largest absolute Gasteiger partial charge is 0.481 e. The molecule has 1 aromatic rings. The fraction of sp³-hybridized carbons (Fsp3) is 0.579. The van der Waals surface area contributed by atoms with Crippen molar-refractivity contribution in [1.29, 1.82) is 0 Å². The van der Waals surface area contributed by atoms with Gasteiger partial charge in [0, 0.05) is 44.0 Å². The molecule has 0 unspecified atom stereocenters. The smallest absolute Gasteiger partial charge is 0.317 e. The summed E-state index contributed by atoms with van der Waals surface area (Å²) in [6.07, 6.45) is 3.27. The van der Waals surface area contributed by atoms with Crippen molar-refractivity contribution in [3.8, 4) is 0 Å². The molecule has 0 radical (unpaired) electrons. The van der Waals surface area contributed by atoms with Gasteiger partial charge in [0.15, 0.2) is 11.6 Å². The molecule has 1 heterocycles. The molecular weight excluding hydrogens is 356 g/mol. The third kappa shape index (κ3) is 4.87. The highest BCUT2D eigenvalue weighted by molar-refractivity contribution is 5.75. The minimum atomic E-state index is -0.872. The summed E-state index contributed by atoms with van der Waals surface area (Å²) >= 11 is 0. The summed E-state index contributed by atoms with van der Waals surface area (Å²) in [6, 6.07) is 3.73. The second-order valence-electron chi connectivity index (χ2n) is 7.26. The Morgan fingerprint density at radius 2 is 1.74 bits per heavy atom. The van der Waals surface area contributed by atoms with Crippen LogP contribution >= 0.6 is 0 Å². The Morgan fingerprint density at radius 3 is 2.41 bits per heavy atom. The fourth-order valence-corrected chi connectivity index (χ4v) is 3.81. The molecule has 0 spiro atoms. The van der Waals surface area contributed by atoms with Crippen LogP contribution in [-0.2, 0) is 4.79 Å². The van der Waals surface area contributed by atoms with Gasteiger partial charge in [-0.25, -0.2) is 13.6 Å². The monoisotopic (exact) mass is 381 g/mol. The lowest BCUT2D eigenvalue weighted by Crippen LogP contribution is -2.47. The van der Waals surface area contributed by atoms with Gasteiger partial charge >= 0.3 is 12.0 Å². The van der Waals surface area contributed by atoms with Crippen LogP contribution in [0.2, 0.25) is 0 Å². The number of benzene rings is 1. The van der Waals surface area contributed by atoms with Crippen molar-refractivity contribution in [2.45, 2.75) is 38.1 Å². The van der Waals surface area contributed by atoms with Crippen molar-refractivity contribution in [2.75, 3.05) is 31.1 Å². The Hall–Kier alpha value is -2.38. The van der Waals surface area contributed by atoms with E-state index in [0.29, 0.717) is 57.5 Å². The third-order valence-corrected chi connectivity index (χ3v) is 5.46. The molecule has 2 amide bonds.